The van der Waals surface area contributed by atoms with E-state index >= 15 is 0 Å². The molecule has 0 bridgehead atoms. The second-order valence-electron chi connectivity index (χ2n) is 3.63. The van der Waals surface area contributed by atoms with Crippen LogP contribution in [0.5, 0.6) is 0 Å². The average molecular weight is 232 g/mol. The number of esters is 1. The van der Waals surface area contributed by atoms with Crippen LogP contribution in [-0.4, -0.2) is 23.2 Å². The van der Waals surface area contributed by atoms with Gasteiger partial charge in [0.15, 0.2) is 0 Å². The molecule has 0 N–H and O–H groups in total. The summed E-state index contributed by atoms with van der Waals surface area (Å²) < 4.78 is 9.48. The van der Waals surface area contributed by atoms with E-state index in [1.807, 2.05) is 31.2 Å². The molecule has 0 aliphatic heterocycles. The van der Waals surface area contributed by atoms with E-state index in [0.717, 1.165) is 11.1 Å². The summed E-state index contributed by atoms with van der Waals surface area (Å²) in [5, 5.41) is 3.81. The number of aryl methyl sites for hydroxylation is 1. The third-order valence-electron chi connectivity index (χ3n) is 2.30. The summed E-state index contributed by atoms with van der Waals surface area (Å²) in [5.41, 5.74) is 2.02. The normalized spacial score (nSPS) is 10.2. The molecule has 1 aromatic heterocycles. The van der Waals surface area contributed by atoms with Gasteiger partial charge in [-0.2, -0.15) is 4.98 Å². The molecule has 1 aromatic carbocycles. The van der Waals surface area contributed by atoms with Gasteiger partial charge in [0.05, 0.1) is 7.11 Å². The van der Waals surface area contributed by atoms with Crippen molar-refractivity contribution in [2.75, 3.05) is 7.11 Å². The summed E-state index contributed by atoms with van der Waals surface area (Å²) in [6, 6.07) is 7.74. The van der Waals surface area contributed by atoms with Gasteiger partial charge in [-0.25, -0.2) is 0 Å². The number of benzene rings is 1. The molecule has 0 aliphatic rings. The quantitative estimate of drug-likeness (QED) is 0.754. The van der Waals surface area contributed by atoms with Crippen LogP contribution in [0.1, 0.15) is 11.5 Å². The number of aromatic nitrogens is 2. The third-order valence-corrected chi connectivity index (χ3v) is 2.30. The lowest BCUT2D eigenvalue weighted by Crippen LogP contribution is -2.04. The van der Waals surface area contributed by atoms with Crippen molar-refractivity contribution in [1.82, 2.24) is 10.1 Å². The topological polar surface area (TPSA) is 65.2 Å². The lowest BCUT2D eigenvalue weighted by Gasteiger charge is -1.94. The number of hydrogen-bond acceptors (Lipinski definition) is 5. The summed E-state index contributed by atoms with van der Waals surface area (Å²) in [4.78, 5) is 15.1. The van der Waals surface area contributed by atoms with E-state index in [2.05, 4.69) is 14.9 Å². The van der Waals surface area contributed by atoms with Crippen molar-refractivity contribution in [3.63, 3.8) is 0 Å². The van der Waals surface area contributed by atoms with Crippen LogP contribution in [0.15, 0.2) is 28.8 Å². The molecule has 0 atom stereocenters. The maximum atomic E-state index is 11.0. The molecule has 5 nitrogen and oxygen atoms in total. The summed E-state index contributed by atoms with van der Waals surface area (Å²) in [7, 11) is 1.32. The lowest BCUT2D eigenvalue weighted by atomic mass is 10.1. The van der Waals surface area contributed by atoms with Crippen molar-refractivity contribution >= 4 is 5.97 Å². The number of carbonyl (C=O) groups excluding carboxylic acids is 1. The highest BCUT2D eigenvalue weighted by Gasteiger charge is 2.12. The average Bonchev–Trinajstić information content (AvgIpc) is 2.78. The second-order valence-corrected chi connectivity index (χ2v) is 3.63. The van der Waals surface area contributed by atoms with Gasteiger partial charge < -0.3 is 9.26 Å². The number of carbonyl (C=O) groups is 1. The Bertz CT molecular complexity index is 517. The van der Waals surface area contributed by atoms with Crippen molar-refractivity contribution < 1.29 is 14.1 Å². The van der Waals surface area contributed by atoms with Gasteiger partial charge in [-0.1, -0.05) is 35.0 Å². The standard InChI is InChI=1S/C12H12N2O3/c1-8-3-5-9(6-4-8)12-13-10(17-14-12)7-11(15)16-2/h3-6H,7H2,1-2H3. The molecule has 0 fully saturated rings. The molecule has 1 heterocycles. The molecule has 0 radical (unpaired) electrons. The maximum Gasteiger partial charge on any atom is 0.315 e. The number of methoxy groups -OCH3 is 1. The van der Waals surface area contributed by atoms with Gasteiger partial charge in [-0.05, 0) is 6.92 Å². The Labute approximate surface area is 98.4 Å². The first-order valence-corrected chi connectivity index (χ1v) is 5.15. The number of ether oxygens (including phenoxy) is 1. The molecule has 88 valence electrons. The van der Waals surface area contributed by atoms with Crippen molar-refractivity contribution in [2.24, 2.45) is 0 Å². The predicted molar refractivity (Wildman–Crippen MR) is 60.2 cm³/mol. The molecule has 2 rings (SSSR count). The summed E-state index contributed by atoms with van der Waals surface area (Å²) in [5.74, 6) is 0.334. The number of rotatable bonds is 3. The van der Waals surface area contributed by atoms with E-state index in [-0.39, 0.29) is 12.3 Å². The first-order chi connectivity index (χ1) is 8.19. The Morgan fingerprint density at radius 2 is 2.06 bits per heavy atom. The number of hydrogen-bond donors (Lipinski definition) is 0. The van der Waals surface area contributed by atoms with Gasteiger partial charge in [-0.15, -0.1) is 0 Å². The monoisotopic (exact) mass is 232 g/mol. The zero-order chi connectivity index (χ0) is 12.3. The van der Waals surface area contributed by atoms with Gasteiger partial charge in [-0.3, -0.25) is 4.79 Å². The van der Waals surface area contributed by atoms with E-state index in [9.17, 15) is 4.79 Å². The van der Waals surface area contributed by atoms with Gasteiger partial charge >= 0.3 is 5.97 Å². The lowest BCUT2D eigenvalue weighted by molar-refractivity contribution is -0.140. The van der Waals surface area contributed by atoms with Crippen molar-refractivity contribution in [2.45, 2.75) is 13.3 Å². The van der Waals surface area contributed by atoms with Crippen molar-refractivity contribution in [3.8, 4) is 11.4 Å². The molecule has 0 saturated carbocycles. The molecule has 0 saturated heterocycles. The zero-order valence-electron chi connectivity index (χ0n) is 9.64. The van der Waals surface area contributed by atoms with E-state index < -0.39 is 5.97 Å². The van der Waals surface area contributed by atoms with E-state index in [1.165, 1.54) is 7.11 Å². The highest BCUT2D eigenvalue weighted by molar-refractivity contribution is 5.71. The van der Waals surface area contributed by atoms with E-state index in [4.69, 9.17) is 4.52 Å². The molecule has 17 heavy (non-hydrogen) atoms. The molecule has 0 amide bonds. The Hall–Kier alpha value is -2.17. The van der Waals surface area contributed by atoms with Gasteiger partial charge in [0, 0.05) is 5.56 Å². The van der Waals surface area contributed by atoms with E-state index in [0.29, 0.717) is 5.82 Å². The smallest absolute Gasteiger partial charge is 0.315 e. The summed E-state index contributed by atoms with van der Waals surface area (Å²) in [6.45, 7) is 2.00. The molecule has 5 heteroatoms. The van der Waals surface area contributed by atoms with Crippen LogP contribution in [0.3, 0.4) is 0 Å². The number of nitrogens with zero attached hydrogens (tertiary/aromatic N) is 2. The summed E-state index contributed by atoms with van der Waals surface area (Å²) >= 11 is 0. The predicted octanol–water partition coefficient (Wildman–Crippen LogP) is 1.76. The van der Waals surface area contributed by atoms with Crippen LogP contribution < -0.4 is 0 Å². The van der Waals surface area contributed by atoms with Gasteiger partial charge in [0.25, 0.3) is 0 Å². The minimum atomic E-state index is -0.399. The van der Waals surface area contributed by atoms with Crippen molar-refractivity contribution in [3.05, 3.63) is 35.7 Å². The van der Waals surface area contributed by atoms with Crippen LogP contribution in [0, 0.1) is 6.92 Å². The fraction of sp³-hybridized carbons (Fsp3) is 0.250. The van der Waals surface area contributed by atoms with Gasteiger partial charge in [0.2, 0.25) is 11.7 Å². The molecular weight excluding hydrogens is 220 g/mol. The van der Waals surface area contributed by atoms with Crippen LogP contribution in [0.25, 0.3) is 11.4 Å². The third kappa shape index (κ3) is 2.69. The Morgan fingerprint density at radius 1 is 1.35 bits per heavy atom. The van der Waals surface area contributed by atoms with E-state index in [1.54, 1.807) is 0 Å². The molecule has 2 aromatic rings. The Balaban J connectivity index is 2.18. The SMILES string of the molecule is COC(=O)Cc1nc(-c2ccc(C)cc2)no1. The maximum absolute atomic E-state index is 11.0. The Kier molecular flexibility index (Phi) is 3.18. The van der Waals surface area contributed by atoms with Crippen LogP contribution in [0.4, 0.5) is 0 Å². The first kappa shape index (κ1) is 11.3. The fourth-order valence-electron chi connectivity index (χ4n) is 1.34. The van der Waals surface area contributed by atoms with Crippen LogP contribution >= 0.6 is 0 Å². The minimum Gasteiger partial charge on any atom is -0.469 e. The zero-order valence-corrected chi connectivity index (χ0v) is 9.64. The first-order valence-electron chi connectivity index (χ1n) is 5.15. The molecule has 0 spiro atoms. The Morgan fingerprint density at radius 3 is 2.71 bits per heavy atom. The highest BCUT2D eigenvalue weighted by atomic mass is 16.5. The summed E-state index contributed by atoms with van der Waals surface area (Å²) in [6.07, 6.45) is -0.00460. The van der Waals surface area contributed by atoms with Crippen LogP contribution in [-0.2, 0) is 16.0 Å². The minimum absolute atomic E-state index is 0.00460. The van der Waals surface area contributed by atoms with Gasteiger partial charge in [0.1, 0.15) is 6.42 Å². The molecular formula is C12H12N2O3. The highest BCUT2D eigenvalue weighted by Crippen LogP contribution is 2.16. The molecule has 0 aliphatic carbocycles. The molecule has 0 unspecified atom stereocenters. The fourth-order valence-corrected chi connectivity index (χ4v) is 1.34. The second kappa shape index (κ2) is 4.78. The van der Waals surface area contributed by atoms with Crippen molar-refractivity contribution in [1.29, 1.82) is 0 Å². The van der Waals surface area contributed by atoms with Crippen LogP contribution in [0.2, 0.25) is 0 Å². The largest absolute Gasteiger partial charge is 0.469 e.